The zero-order valence-corrected chi connectivity index (χ0v) is 10.8. The lowest BCUT2D eigenvalue weighted by Crippen LogP contribution is -2.63. The van der Waals surface area contributed by atoms with Crippen molar-refractivity contribution in [2.45, 2.75) is 69.6 Å². The molecule has 94 valence electrons. The van der Waals surface area contributed by atoms with E-state index in [9.17, 15) is 5.11 Å². The minimum absolute atomic E-state index is 0.234. The average Bonchev–Trinajstić information content (AvgIpc) is 2.42. The molecule has 1 aliphatic carbocycles. The van der Waals surface area contributed by atoms with Crippen molar-refractivity contribution in [3.8, 4) is 0 Å². The van der Waals surface area contributed by atoms with Crippen LogP contribution < -0.4 is 5.73 Å². The Morgan fingerprint density at radius 3 is 2.56 bits per heavy atom. The van der Waals surface area contributed by atoms with Gasteiger partial charge in [0.25, 0.3) is 0 Å². The van der Waals surface area contributed by atoms with E-state index in [-0.39, 0.29) is 5.60 Å². The van der Waals surface area contributed by atoms with Crippen LogP contribution in [0.4, 0.5) is 0 Å². The highest BCUT2D eigenvalue weighted by Gasteiger charge is 2.55. The Bertz CT molecular complexity index is 277. The van der Waals surface area contributed by atoms with Crippen molar-refractivity contribution >= 4 is 0 Å². The van der Waals surface area contributed by atoms with Crippen LogP contribution in [0, 0.1) is 5.92 Å². The average molecular weight is 227 g/mol. The minimum atomic E-state index is -0.828. The van der Waals surface area contributed by atoms with Crippen LogP contribution in [0.3, 0.4) is 0 Å². The molecule has 0 bridgehead atoms. The second-order valence-electron chi connectivity index (χ2n) is 6.61. The fourth-order valence-electron chi connectivity index (χ4n) is 3.46. The molecular weight excluding hydrogens is 202 g/mol. The first-order valence-corrected chi connectivity index (χ1v) is 6.42. The first-order chi connectivity index (χ1) is 7.27. The van der Waals surface area contributed by atoms with Gasteiger partial charge in [-0.05, 0) is 32.6 Å². The highest BCUT2D eigenvalue weighted by Crippen LogP contribution is 2.45. The Balaban J connectivity index is 2.16. The van der Waals surface area contributed by atoms with Gasteiger partial charge >= 0.3 is 0 Å². The molecule has 3 N–H and O–H groups in total. The van der Waals surface area contributed by atoms with Crippen LogP contribution in [0.2, 0.25) is 0 Å². The van der Waals surface area contributed by atoms with Gasteiger partial charge in [0.05, 0.1) is 12.2 Å². The maximum absolute atomic E-state index is 10.8. The third-order valence-electron chi connectivity index (χ3n) is 4.38. The van der Waals surface area contributed by atoms with Gasteiger partial charge in [0, 0.05) is 12.0 Å². The monoisotopic (exact) mass is 227 g/mol. The van der Waals surface area contributed by atoms with E-state index in [4.69, 9.17) is 10.5 Å². The summed E-state index contributed by atoms with van der Waals surface area (Å²) in [4.78, 5) is 0. The first-order valence-electron chi connectivity index (χ1n) is 6.42. The fraction of sp³-hybridized carbons (Fsp3) is 1.00. The molecule has 0 aromatic rings. The van der Waals surface area contributed by atoms with Crippen LogP contribution >= 0.6 is 0 Å². The van der Waals surface area contributed by atoms with Crippen molar-refractivity contribution in [2.24, 2.45) is 11.7 Å². The summed E-state index contributed by atoms with van der Waals surface area (Å²) >= 11 is 0. The summed E-state index contributed by atoms with van der Waals surface area (Å²) in [5, 5.41) is 10.8. The third kappa shape index (κ3) is 2.01. The van der Waals surface area contributed by atoms with E-state index in [0.717, 1.165) is 19.3 Å². The van der Waals surface area contributed by atoms with Crippen LogP contribution in [0.15, 0.2) is 0 Å². The summed E-state index contributed by atoms with van der Waals surface area (Å²) in [6, 6.07) is 0. The van der Waals surface area contributed by atoms with E-state index in [1.807, 2.05) is 13.8 Å². The molecule has 3 nitrogen and oxygen atoms in total. The molecule has 1 aliphatic heterocycles. The van der Waals surface area contributed by atoms with Gasteiger partial charge in [0.1, 0.15) is 5.60 Å². The summed E-state index contributed by atoms with van der Waals surface area (Å²) in [5.74, 6) is 0.617. The van der Waals surface area contributed by atoms with E-state index in [2.05, 4.69) is 6.92 Å². The maximum Gasteiger partial charge on any atom is 0.109 e. The van der Waals surface area contributed by atoms with Gasteiger partial charge in [-0.3, -0.25) is 0 Å². The largest absolute Gasteiger partial charge is 0.385 e. The summed E-state index contributed by atoms with van der Waals surface area (Å²) in [6.07, 6.45) is 4.86. The Labute approximate surface area is 98.4 Å². The van der Waals surface area contributed by atoms with Gasteiger partial charge in [-0.25, -0.2) is 0 Å². The van der Waals surface area contributed by atoms with Crippen molar-refractivity contribution in [2.75, 3.05) is 6.61 Å². The molecule has 0 amide bonds. The molecular formula is C13H25NO2. The zero-order valence-electron chi connectivity index (χ0n) is 10.8. The molecule has 16 heavy (non-hydrogen) atoms. The molecule has 3 heteroatoms. The van der Waals surface area contributed by atoms with Crippen LogP contribution in [-0.2, 0) is 4.74 Å². The van der Waals surface area contributed by atoms with Crippen molar-refractivity contribution < 1.29 is 9.84 Å². The van der Waals surface area contributed by atoms with Gasteiger partial charge < -0.3 is 15.6 Å². The number of rotatable bonds is 1. The van der Waals surface area contributed by atoms with Crippen molar-refractivity contribution in [3.63, 3.8) is 0 Å². The van der Waals surface area contributed by atoms with E-state index in [1.165, 1.54) is 6.42 Å². The van der Waals surface area contributed by atoms with E-state index >= 15 is 0 Å². The van der Waals surface area contributed by atoms with Gasteiger partial charge in [-0.2, -0.15) is 0 Å². The summed E-state index contributed by atoms with van der Waals surface area (Å²) in [5.41, 5.74) is 4.97. The standard InChI is InChI=1S/C13H25NO2/c1-10-5-4-6-12(14,7-10)13(15)8-11(2,3)16-9-13/h10,15H,4-9,14H2,1-3H3. The van der Waals surface area contributed by atoms with Gasteiger partial charge in [-0.1, -0.05) is 19.8 Å². The quantitative estimate of drug-likeness (QED) is 0.718. The van der Waals surface area contributed by atoms with E-state index in [1.54, 1.807) is 0 Å². The number of hydrogen-bond acceptors (Lipinski definition) is 3. The highest BCUT2D eigenvalue weighted by molar-refractivity contribution is 5.10. The first kappa shape index (κ1) is 12.3. The van der Waals surface area contributed by atoms with E-state index in [0.29, 0.717) is 18.9 Å². The summed E-state index contributed by atoms with van der Waals surface area (Å²) < 4.78 is 5.68. The summed E-state index contributed by atoms with van der Waals surface area (Å²) in [6.45, 7) is 6.68. The van der Waals surface area contributed by atoms with E-state index < -0.39 is 11.1 Å². The van der Waals surface area contributed by atoms with Gasteiger partial charge in [0.15, 0.2) is 0 Å². The molecule has 2 rings (SSSR count). The fourth-order valence-corrected chi connectivity index (χ4v) is 3.46. The predicted molar refractivity (Wildman–Crippen MR) is 64.1 cm³/mol. The Hall–Kier alpha value is -0.120. The molecule has 0 spiro atoms. The second kappa shape index (κ2) is 3.69. The Morgan fingerprint density at radius 2 is 2.06 bits per heavy atom. The maximum atomic E-state index is 10.8. The summed E-state index contributed by atoms with van der Waals surface area (Å²) in [7, 11) is 0. The molecule has 1 saturated carbocycles. The molecule has 0 aromatic heterocycles. The lowest BCUT2D eigenvalue weighted by atomic mass is 9.66. The third-order valence-corrected chi connectivity index (χ3v) is 4.38. The molecule has 0 aromatic carbocycles. The molecule has 3 atom stereocenters. The van der Waals surface area contributed by atoms with Crippen LogP contribution in [0.1, 0.15) is 52.9 Å². The van der Waals surface area contributed by atoms with Gasteiger partial charge in [-0.15, -0.1) is 0 Å². The number of hydrogen-bond donors (Lipinski definition) is 2. The lowest BCUT2D eigenvalue weighted by Gasteiger charge is -2.46. The molecule has 2 aliphatic rings. The predicted octanol–water partition coefficient (Wildman–Crippen LogP) is 1.82. The minimum Gasteiger partial charge on any atom is -0.385 e. The number of ether oxygens (including phenoxy) is 1. The Morgan fingerprint density at radius 1 is 1.38 bits per heavy atom. The molecule has 0 radical (unpaired) electrons. The van der Waals surface area contributed by atoms with Crippen molar-refractivity contribution in [3.05, 3.63) is 0 Å². The second-order valence-corrected chi connectivity index (χ2v) is 6.61. The Kier molecular flexibility index (Phi) is 2.84. The topological polar surface area (TPSA) is 55.5 Å². The molecule has 3 unspecified atom stereocenters. The van der Waals surface area contributed by atoms with Crippen molar-refractivity contribution in [1.82, 2.24) is 0 Å². The van der Waals surface area contributed by atoms with Crippen molar-refractivity contribution in [1.29, 1.82) is 0 Å². The number of nitrogens with two attached hydrogens (primary N) is 1. The number of aliphatic hydroxyl groups is 1. The van der Waals surface area contributed by atoms with Crippen LogP contribution in [-0.4, -0.2) is 28.5 Å². The van der Waals surface area contributed by atoms with Crippen LogP contribution in [0.25, 0.3) is 0 Å². The van der Waals surface area contributed by atoms with Crippen LogP contribution in [0.5, 0.6) is 0 Å². The molecule has 2 fully saturated rings. The van der Waals surface area contributed by atoms with Gasteiger partial charge in [0.2, 0.25) is 0 Å². The highest BCUT2D eigenvalue weighted by atomic mass is 16.5. The molecule has 1 heterocycles. The smallest absolute Gasteiger partial charge is 0.109 e. The molecule has 1 saturated heterocycles. The lowest BCUT2D eigenvalue weighted by molar-refractivity contribution is -0.0632. The SMILES string of the molecule is CC1CCCC(N)(C2(O)COC(C)(C)C2)C1. The normalized spacial score (nSPS) is 48.2. The zero-order chi connectivity index (χ0) is 12.0.